The van der Waals surface area contributed by atoms with Crippen LogP contribution in [0.5, 0.6) is 0 Å². The summed E-state index contributed by atoms with van der Waals surface area (Å²) in [6.45, 7) is 1.62. The van der Waals surface area contributed by atoms with E-state index < -0.39 is 0 Å². The fourth-order valence-electron chi connectivity index (χ4n) is 1.64. The Kier molecular flexibility index (Phi) is 5.04. The lowest BCUT2D eigenvalue weighted by Crippen LogP contribution is -2.17. The van der Waals surface area contributed by atoms with E-state index in [4.69, 9.17) is 23.2 Å². The molecule has 0 aliphatic rings. The van der Waals surface area contributed by atoms with Crippen LogP contribution in [0.15, 0.2) is 27.5 Å². The first-order valence-electron chi connectivity index (χ1n) is 5.26. The van der Waals surface area contributed by atoms with Gasteiger partial charge in [-0.1, -0.05) is 23.2 Å². The molecule has 0 fully saturated rings. The number of nitrogens with zero attached hydrogens (tertiary/aromatic N) is 2. The highest BCUT2D eigenvalue weighted by Crippen LogP contribution is 2.23. The predicted molar refractivity (Wildman–Crippen MR) is 81.4 cm³/mol. The standard InChI is InChI=1S/C12H11BrCl2N2S/c1-17(5-8-2-11(13)18-7-8)6-9-4-16-12(15)3-10(9)14/h2-4,7H,5-6H2,1H3. The minimum absolute atomic E-state index is 0.424. The summed E-state index contributed by atoms with van der Waals surface area (Å²) in [6.07, 6.45) is 1.73. The van der Waals surface area contributed by atoms with Gasteiger partial charge in [0.25, 0.3) is 0 Å². The number of aromatic nitrogens is 1. The molecule has 0 atom stereocenters. The molecule has 0 unspecified atom stereocenters. The summed E-state index contributed by atoms with van der Waals surface area (Å²) >= 11 is 17.1. The van der Waals surface area contributed by atoms with Crippen molar-refractivity contribution in [2.45, 2.75) is 13.1 Å². The van der Waals surface area contributed by atoms with Crippen molar-refractivity contribution in [3.63, 3.8) is 0 Å². The van der Waals surface area contributed by atoms with Crippen molar-refractivity contribution in [2.75, 3.05) is 7.05 Å². The van der Waals surface area contributed by atoms with Gasteiger partial charge in [0.2, 0.25) is 0 Å². The summed E-state index contributed by atoms with van der Waals surface area (Å²) in [6, 6.07) is 3.80. The van der Waals surface area contributed by atoms with E-state index in [1.165, 1.54) is 5.56 Å². The van der Waals surface area contributed by atoms with Gasteiger partial charge in [-0.15, -0.1) is 11.3 Å². The number of pyridine rings is 1. The van der Waals surface area contributed by atoms with Crippen LogP contribution in [0.3, 0.4) is 0 Å². The Morgan fingerprint density at radius 1 is 1.33 bits per heavy atom. The summed E-state index contributed by atoms with van der Waals surface area (Å²) in [7, 11) is 2.05. The van der Waals surface area contributed by atoms with Crippen LogP contribution in [0.2, 0.25) is 10.2 Å². The van der Waals surface area contributed by atoms with Gasteiger partial charge in [0.1, 0.15) is 5.15 Å². The average molecular weight is 366 g/mol. The number of thiophene rings is 1. The zero-order valence-electron chi connectivity index (χ0n) is 9.66. The summed E-state index contributed by atoms with van der Waals surface area (Å²) < 4.78 is 1.15. The third kappa shape index (κ3) is 3.93. The molecule has 0 N–H and O–H groups in total. The molecule has 0 radical (unpaired) electrons. The molecule has 96 valence electrons. The molecule has 0 amide bonds. The van der Waals surface area contributed by atoms with Gasteiger partial charge < -0.3 is 0 Å². The van der Waals surface area contributed by atoms with Crippen molar-refractivity contribution in [1.82, 2.24) is 9.88 Å². The maximum absolute atomic E-state index is 6.12. The molecule has 2 aromatic rings. The van der Waals surface area contributed by atoms with Crippen LogP contribution >= 0.6 is 50.5 Å². The number of halogens is 3. The number of hydrogen-bond acceptors (Lipinski definition) is 3. The third-order valence-electron chi connectivity index (χ3n) is 2.41. The van der Waals surface area contributed by atoms with Crippen LogP contribution in [0.25, 0.3) is 0 Å². The van der Waals surface area contributed by atoms with Crippen LogP contribution in [0, 0.1) is 0 Å². The van der Waals surface area contributed by atoms with Gasteiger partial charge in [0, 0.05) is 29.9 Å². The molecule has 2 aromatic heterocycles. The van der Waals surface area contributed by atoms with E-state index >= 15 is 0 Å². The number of rotatable bonds is 4. The van der Waals surface area contributed by atoms with Crippen molar-refractivity contribution >= 4 is 50.5 Å². The van der Waals surface area contributed by atoms with Crippen molar-refractivity contribution in [1.29, 1.82) is 0 Å². The Labute approximate surface area is 129 Å². The second-order valence-electron chi connectivity index (χ2n) is 4.03. The van der Waals surface area contributed by atoms with E-state index in [1.54, 1.807) is 23.6 Å². The van der Waals surface area contributed by atoms with Crippen LogP contribution in [-0.2, 0) is 13.1 Å². The maximum atomic E-state index is 6.12. The maximum Gasteiger partial charge on any atom is 0.130 e. The molecule has 0 aliphatic heterocycles. The largest absolute Gasteiger partial charge is 0.298 e. The van der Waals surface area contributed by atoms with E-state index in [0.29, 0.717) is 10.2 Å². The van der Waals surface area contributed by atoms with Crippen LogP contribution < -0.4 is 0 Å². The zero-order chi connectivity index (χ0) is 13.1. The Morgan fingerprint density at radius 2 is 2.11 bits per heavy atom. The van der Waals surface area contributed by atoms with Gasteiger partial charge in [-0.2, -0.15) is 0 Å². The Bertz CT molecular complexity index is 545. The smallest absolute Gasteiger partial charge is 0.130 e. The lowest BCUT2D eigenvalue weighted by molar-refractivity contribution is 0.319. The summed E-state index contributed by atoms with van der Waals surface area (Å²) in [5.74, 6) is 0. The average Bonchev–Trinajstić information content (AvgIpc) is 2.68. The molecule has 2 nitrogen and oxygen atoms in total. The van der Waals surface area contributed by atoms with Crippen LogP contribution in [-0.4, -0.2) is 16.9 Å². The van der Waals surface area contributed by atoms with Crippen molar-refractivity contribution < 1.29 is 0 Å². The minimum atomic E-state index is 0.424. The minimum Gasteiger partial charge on any atom is -0.298 e. The van der Waals surface area contributed by atoms with Crippen LogP contribution in [0.4, 0.5) is 0 Å². The first kappa shape index (κ1) is 14.3. The Balaban J connectivity index is 2.00. The molecule has 6 heteroatoms. The van der Waals surface area contributed by atoms with E-state index in [2.05, 4.69) is 44.3 Å². The molecule has 2 rings (SSSR count). The SMILES string of the molecule is CN(Cc1csc(Br)c1)Cc1cnc(Cl)cc1Cl. The third-order valence-corrected chi connectivity index (χ3v) is 4.52. The van der Waals surface area contributed by atoms with Gasteiger partial charge in [0.05, 0.1) is 3.79 Å². The molecule has 0 bridgehead atoms. The second-order valence-corrected chi connectivity index (χ2v) is 7.11. The van der Waals surface area contributed by atoms with Gasteiger partial charge in [-0.3, -0.25) is 4.90 Å². The first-order valence-corrected chi connectivity index (χ1v) is 7.69. The summed E-state index contributed by atoms with van der Waals surface area (Å²) in [5, 5.41) is 3.23. The van der Waals surface area contributed by atoms with E-state index in [9.17, 15) is 0 Å². The van der Waals surface area contributed by atoms with Crippen LogP contribution in [0.1, 0.15) is 11.1 Å². The molecule has 0 spiro atoms. The van der Waals surface area contributed by atoms with Gasteiger partial charge in [-0.05, 0) is 46.1 Å². The van der Waals surface area contributed by atoms with E-state index in [1.807, 2.05) is 0 Å². The lowest BCUT2D eigenvalue weighted by atomic mass is 10.2. The lowest BCUT2D eigenvalue weighted by Gasteiger charge is -2.16. The first-order chi connectivity index (χ1) is 8.54. The monoisotopic (exact) mass is 364 g/mol. The molecule has 2 heterocycles. The topological polar surface area (TPSA) is 16.1 Å². The van der Waals surface area contributed by atoms with E-state index in [0.717, 1.165) is 22.4 Å². The normalized spacial score (nSPS) is 11.2. The molecule has 0 aromatic carbocycles. The quantitative estimate of drug-likeness (QED) is 0.720. The Hall–Kier alpha value is -0.130. The zero-order valence-corrected chi connectivity index (χ0v) is 13.6. The molecule has 0 saturated carbocycles. The molecular formula is C12H11BrCl2N2S. The molecular weight excluding hydrogens is 355 g/mol. The summed E-state index contributed by atoms with van der Waals surface area (Å²) in [5.41, 5.74) is 2.27. The highest BCUT2D eigenvalue weighted by Gasteiger charge is 2.07. The van der Waals surface area contributed by atoms with Gasteiger partial charge in [-0.25, -0.2) is 4.98 Å². The highest BCUT2D eigenvalue weighted by molar-refractivity contribution is 9.11. The predicted octanol–water partition coefficient (Wildman–Crippen LogP) is 4.84. The molecule has 0 saturated heterocycles. The van der Waals surface area contributed by atoms with Gasteiger partial charge >= 0.3 is 0 Å². The van der Waals surface area contributed by atoms with E-state index in [-0.39, 0.29) is 0 Å². The Morgan fingerprint density at radius 3 is 2.72 bits per heavy atom. The number of hydrogen-bond donors (Lipinski definition) is 0. The fourth-order valence-corrected chi connectivity index (χ4v) is 3.27. The molecule has 0 aliphatic carbocycles. The second kappa shape index (κ2) is 6.35. The fraction of sp³-hybridized carbons (Fsp3) is 0.250. The highest BCUT2D eigenvalue weighted by atomic mass is 79.9. The van der Waals surface area contributed by atoms with Crippen molar-refractivity contribution in [3.05, 3.63) is 48.8 Å². The molecule has 18 heavy (non-hydrogen) atoms. The van der Waals surface area contributed by atoms with Crippen molar-refractivity contribution in [3.8, 4) is 0 Å². The summed E-state index contributed by atoms with van der Waals surface area (Å²) in [4.78, 5) is 6.24. The van der Waals surface area contributed by atoms with Crippen molar-refractivity contribution in [2.24, 2.45) is 0 Å². The van der Waals surface area contributed by atoms with Gasteiger partial charge in [0.15, 0.2) is 0 Å².